The summed E-state index contributed by atoms with van der Waals surface area (Å²) in [4.78, 5) is 73.1. The molecule has 0 aliphatic heterocycles. The van der Waals surface area contributed by atoms with E-state index in [0.29, 0.717) is 25.7 Å². The first kappa shape index (κ1) is 100. The minimum Gasteiger partial charge on any atom is -0.462 e. The van der Waals surface area contributed by atoms with Gasteiger partial charge in [0.1, 0.15) is 19.3 Å². The molecule has 6 atom stereocenters. The molecule has 0 bridgehead atoms. The Hall–Kier alpha value is -1.94. The summed E-state index contributed by atoms with van der Waals surface area (Å²) in [5.74, 6) is 0.237. The van der Waals surface area contributed by atoms with Gasteiger partial charge in [0.15, 0.2) is 12.2 Å². The molecule has 19 heteroatoms. The second-order valence-electron chi connectivity index (χ2n) is 31.1. The smallest absolute Gasteiger partial charge is 0.462 e. The summed E-state index contributed by atoms with van der Waals surface area (Å²) in [6.45, 7) is 12.0. The summed E-state index contributed by atoms with van der Waals surface area (Å²) in [7, 11) is -9.93. The average molecular weight is 1490 g/mol. The normalized spacial score (nSPS) is 14.2. The first-order valence-corrected chi connectivity index (χ1v) is 45.9. The second-order valence-corrected chi connectivity index (χ2v) is 34.0. The molecule has 0 radical (unpaired) electrons. The Morgan fingerprint density at radius 2 is 0.500 bits per heavy atom. The van der Waals surface area contributed by atoms with Gasteiger partial charge in [0.25, 0.3) is 0 Å². The molecule has 0 heterocycles. The van der Waals surface area contributed by atoms with E-state index in [0.717, 1.165) is 108 Å². The van der Waals surface area contributed by atoms with Gasteiger partial charge in [0.2, 0.25) is 0 Å². The van der Waals surface area contributed by atoms with Gasteiger partial charge in [-0.1, -0.05) is 382 Å². The van der Waals surface area contributed by atoms with E-state index in [4.69, 9.17) is 37.0 Å². The van der Waals surface area contributed by atoms with E-state index in [1.54, 1.807) is 0 Å². The fraction of sp³-hybridized carbons (Fsp3) is 0.952. The molecule has 0 aromatic heterocycles. The van der Waals surface area contributed by atoms with Gasteiger partial charge in [-0.2, -0.15) is 0 Å². The van der Waals surface area contributed by atoms with Gasteiger partial charge in [-0.3, -0.25) is 37.3 Å². The molecule has 0 aromatic rings. The predicted molar refractivity (Wildman–Crippen MR) is 418 cm³/mol. The molecular formula is C83H162O17P2. The van der Waals surface area contributed by atoms with Crippen molar-refractivity contribution >= 4 is 39.5 Å². The van der Waals surface area contributed by atoms with Gasteiger partial charge in [0, 0.05) is 25.7 Å². The minimum atomic E-state index is -4.96. The van der Waals surface area contributed by atoms with E-state index in [1.807, 2.05) is 0 Å². The van der Waals surface area contributed by atoms with E-state index in [1.165, 1.54) is 244 Å². The molecule has 0 amide bonds. The van der Waals surface area contributed by atoms with Crippen LogP contribution >= 0.6 is 15.6 Å². The SMILES string of the molecule is CCCCCCCCCCCCCCCCCCCCC(=O)OC[C@H](COP(=O)(O)OC[C@@H](O)COP(=O)(O)OC[C@@H](COC(=O)CCCCCCCCCCC(C)CC)OC(=O)CCCCCCCCCCCCCC(C)C)OC(=O)CCCCCCCCCCCCCCCCCC(C)C. The zero-order valence-corrected chi connectivity index (χ0v) is 68.9. The highest BCUT2D eigenvalue weighted by Gasteiger charge is 2.30. The number of aliphatic hydroxyl groups is 1. The Labute approximate surface area is 626 Å². The number of hydrogen-bond donors (Lipinski definition) is 3. The molecule has 0 saturated carbocycles. The average Bonchev–Trinajstić information content (AvgIpc) is 0.956. The molecule has 0 rings (SSSR count). The molecule has 0 aliphatic rings. The molecule has 0 saturated heterocycles. The number of ether oxygens (including phenoxy) is 4. The molecule has 0 aromatic carbocycles. The first-order valence-electron chi connectivity index (χ1n) is 42.9. The Morgan fingerprint density at radius 3 is 0.745 bits per heavy atom. The summed E-state index contributed by atoms with van der Waals surface area (Å²) in [5.41, 5.74) is 0. The van der Waals surface area contributed by atoms with Crippen LogP contribution in [0.3, 0.4) is 0 Å². The second kappa shape index (κ2) is 73.2. The van der Waals surface area contributed by atoms with Crippen molar-refractivity contribution in [1.29, 1.82) is 0 Å². The number of carbonyl (C=O) groups is 4. The van der Waals surface area contributed by atoms with Crippen molar-refractivity contribution in [3.05, 3.63) is 0 Å². The standard InChI is InChI=1S/C83H162O17P2/c1-8-10-11-12-13-14-15-16-17-18-19-22-25-30-35-43-50-57-64-80(85)93-70-78(99-82(87)66-59-52-45-36-31-26-23-20-21-24-28-33-40-47-54-61-74(3)4)72-97-101(89,90)95-68-77(84)69-96-102(91,92)98-73-79(71-94-81(86)65-58-51-44-39-38-42-49-56-63-76(7)9-2)100-83(88)67-60-53-46-37-32-27-29-34-41-48-55-62-75(5)6/h74-79,84H,8-73H2,1-7H3,(H,89,90)(H,91,92)/t76?,77-,78-,79-/m1/s1. The lowest BCUT2D eigenvalue weighted by molar-refractivity contribution is -0.161. The zero-order valence-electron chi connectivity index (χ0n) is 67.1. The predicted octanol–water partition coefficient (Wildman–Crippen LogP) is 24.9. The summed E-state index contributed by atoms with van der Waals surface area (Å²) < 4.78 is 68.8. The van der Waals surface area contributed by atoms with Crippen LogP contribution in [-0.2, 0) is 65.4 Å². The Bertz CT molecular complexity index is 1980. The van der Waals surface area contributed by atoms with Crippen LogP contribution in [0.4, 0.5) is 0 Å². The van der Waals surface area contributed by atoms with Crippen molar-refractivity contribution in [2.75, 3.05) is 39.6 Å². The molecule has 0 aliphatic carbocycles. The molecule has 3 N–H and O–H groups in total. The number of phosphoric ester groups is 2. The highest BCUT2D eigenvalue weighted by molar-refractivity contribution is 7.47. The van der Waals surface area contributed by atoms with E-state index >= 15 is 0 Å². The summed E-state index contributed by atoms with van der Waals surface area (Å²) in [6, 6.07) is 0. The van der Waals surface area contributed by atoms with Crippen LogP contribution in [0.25, 0.3) is 0 Å². The molecule has 606 valence electrons. The number of hydrogen-bond acceptors (Lipinski definition) is 15. The monoisotopic (exact) mass is 1490 g/mol. The Balaban J connectivity index is 5.26. The van der Waals surface area contributed by atoms with E-state index < -0.39 is 97.5 Å². The lowest BCUT2D eigenvalue weighted by Gasteiger charge is -2.21. The third-order valence-corrected chi connectivity index (χ3v) is 21.6. The topological polar surface area (TPSA) is 237 Å². The lowest BCUT2D eigenvalue weighted by atomic mass is 9.99. The van der Waals surface area contributed by atoms with E-state index in [2.05, 4.69) is 48.5 Å². The van der Waals surface area contributed by atoms with Crippen molar-refractivity contribution < 1.29 is 80.2 Å². The maximum atomic E-state index is 13.1. The lowest BCUT2D eigenvalue weighted by Crippen LogP contribution is -2.30. The highest BCUT2D eigenvalue weighted by atomic mass is 31.2. The third kappa shape index (κ3) is 74.9. The largest absolute Gasteiger partial charge is 0.472 e. The van der Waals surface area contributed by atoms with Gasteiger partial charge >= 0.3 is 39.5 Å². The molecular weight excluding hydrogens is 1330 g/mol. The van der Waals surface area contributed by atoms with Crippen LogP contribution in [0.5, 0.6) is 0 Å². The van der Waals surface area contributed by atoms with E-state index in [9.17, 15) is 43.2 Å². The molecule has 102 heavy (non-hydrogen) atoms. The maximum absolute atomic E-state index is 13.1. The molecule has 17 nitrogen and oxygen atoms in total. The van der Waals surface area contributed by atoms with Crippen molar-refractivity contribution in [3.63, 3.8) is 0 Å². The number of rotatable bonds is 81. The molecule has 3 unspecified atom stereocenters. The first-order chi connectivity index (χ1) is 49.3. The Kier molecular flexibility index (Phi) is 71.8. The third-order valence-electron chi connectivity index (χ3n) is 19.7. The van der Waals surface area contributed by atoms with Crippen molar-refractivity contribution in [3.8, 4) is 0 Å². The van der Waals surface area contributed by atoms with Crippen molar-refractivity contribution in [1.82, 2.24) is 0 Å². The number of unbranched alkanes of at least 4 members (excludes halogenated alkanes) is 48. The van der Waals surface area contributed by atoms with Gasteiger partial charge in [-0.25, -0.2) is 9.13 Å². The van der Waals surface area contributed by atoms with E-state index in [-0.39, 0.29) is 25.7 Å². The number of carbonyl (C=O) groups excluding carboxylic acids is 4. The van der Waals surface area contributed by atoms with Gasteiger partial charge in [0.05, 0.1) is 26.4 Å². The van der Waals surface area contributed by atoms with Crippen molar-refractivity contribution in [2.24, 2.45) is 17.8 Å². The highest BCUT2D eigenvalue weighted by Crippen LogP contribution is 2.45. The molecule has 0 spiro atoms. The van der Waals surface area contributed by atoms with Crippen LogP contribution in [0.15, 0.2) is 0 Å². The molecule has 0 fully saturated rings. The van der Waals surface area contributed by atoms with Gasteiger partial charge in [-0.15, -0.1) is 0 Å². The summed E-state index contributed by atoms with van der Waals surface area (Å²) in [5, 5.41) is 10.7. The quantitative estimate of drug-likeness (QED) is 0.0222. The zero-order chi connectivity index (χ0) is 75.1. The number of aliphatic hydroxyl groups excluding tert-OH is 1. The minimum absolute atomic E-state index is 0.106. The Morgan fingerprint density at radius 1 is 0.284 bits per heavy atom. The van der Waals surface area contributed by atoms with Crippen LogP contribution in [-0.4, -0.2) is 96.7 Å². The number of phosphoric acid groups is 2. The van der Waals surface area contributed by atoms with Crippen molar-refractivity contribution in [2.45, 2.75) is 452 Å². The van der Waals surface area contributed by atoms with Gasteiger partial charge < -0.3 is 33.8 Å². The fourth-order valence-corrected chi connectivity index (χ4v) is 14.4. The number of esters is 4. The summed E-state index contributed by atoms with van der Waals surface area (Å²) >= 11 is 0. The van der Waals surface area contributed by atoms with Crippen LogP contribution in [0.2, 0.25) is 0 Å². The van der Waals surface area contributed by atoms with Gasteiger partial charge in [-0.05, 0) is 43.4 Å². The van der Waals surface area contributed by atoms with Crippen LogP contribution in [0.1, 0.15) is 434 Å². The summed E-state index contributed by atoms with van der Waals surface area (Å²) in [6.07, 6.45) is 62.4. The van der Waals surface area contributed by atoms with Crippen LogP contribution < -0.4 is 0 Å². The maximum Gasteiger partial charge on any atom is 0.472 e. The fourth-order valence-electron chi connectivity index (χ4n) is 12.8. The van der Waals surface area contributed by atoms with Crippen LogP contribution in [0, 0.1) is 17.8 Å².